The fourth-order valence-electron chi connectivity index (χ4n) is 3.81. The van der Waals surface area contributed by atoms with Crippen LogP contribution in [-0.2, 0) is 15.4 Å². The quantitative estimate of drug-likeness (QED) is 0.517. The Kier molecular flexibility index (Phi) is 6.70. The molecule has 1 aliphatic rings. The third-order valence-corrected chi connectivity index (χ3v) is 8.51. The minimum atomic E-state index is -3.51. The van der Waals surface area contributed by atoms with Crippen molar-refractivity contribution in [2.75, 3.05) is 18.4 Å². The van der Waals surface area contributed by atoms with Crippen LogP contribution < -0.4 is 5.32 Å². The van der Waals surface area contributed by atoms with Gasteiger partial charge in [0.25, 0.3) is 5.91 Å². The highest BCUT2D eigenvalue weighted by molar-refractivity contribution is 7.89. The smallest absolute Gasteiger partial charge is 0.257 e. The van der Waals surface area contributed by atoms with E-state index in [4.69, 9.17) is 0 Å². The first-order valence-electron chi connectivity index (χ1n) is 11.1. The van der Waals surface area contributed by atoms with Crippen LogP contribution in [-0.4, -0.2) is 36.7 Å². The SMILES string of the molecule is CC(C)(C)c1ccc(-c2csc(NC(=O)c3ccc(S(=O)(=O)N4CCCCC4)cc3)n2)cc1. The maximum Gasteiger partial charge on any atom is 0.257 e. The minimum absolute atomic E-state index is 0.0857. The van der Waals surface area contributed by atoms with Gasteiger partial charge in [0.05, 0.1) is 10.6 Å². The number of anilines is 1. The molecule has 1 N–H and O–H groups in total. The maximum absolute atomic E-state index is 12.8. The van der Waals surface area contributed by atoms with Crippen LogP contribution in [0.1, 0.15) is 56.0 Å². The Morgan fingerprint density at radius 1 is 0.970 bits per heavy atom. The molecule has 4 rings (SSSR count). The number of carbonyl (C=O) groups excluding carboxylic acids is 1. The number of sulfonamides is 1. The maximum atomic E-state index is 12.8. The average Bonchev–Trinajstić information content (AvgIpc) is 3.27. The number of rotatable bonds is 5. The van der Waals surface area contributed by atoms with Gasteiger partial charge in [-0.3, -0.25) is 10.1 Å². The van der Waals surface area contributed by atoms with Gasteiger partial charge in [-0.15, -0.1) is 11.3 Å². The molecule has 1 saturated heterocycles. The summed E-state index contributed by atoms with van der Waals surface area (Å²) in [5, 5.41) is 5.23. The molecular formula is C25H29N3O3S2. The summed E-state index contributed by atoms with van der Waals surface area (Å²) in [6, 6.07) is 14.4. The van der Waals surface area contributed by atoms with Gasteiger partial charge >= 0.3 is 0 Å². The fourth-order valence-corrected chi connectivity index (χ4v) is 6.04. The molecule has 1 aromatic heterocycles. The molecule has 0 atom stereocenters. The highest BCUT2D eigenvalue weighted by atomic mass is 32.2. The first-order chi connectivity index (χ1) is 15.6. The number of thiazole rings is 1. The number of nitrogens with one attached hydrogen (secondary N) is 1. The summed E-state index contributed by atoms with van der Waals surface area (Å²) in [5.74, 6) is -0.319. The normalized spacial score (nSPS) is 15.4. The molecule has 174 valence electrons. The van der Waals surface area contributed by atoms with Crippen LogP contribution in [0.5, 0.6) is 0 Å². The number of piperidine rings is 1. The van der Waals surface area contributed by atoms with Crippen LogP contribution in [0.15, 0.2) is 58.8 Å². The van der Waals surface area contributed by atoms with Crippen molar-refractivity contribution in [2.24, 2.45) is 0 Å². The Balaban J connectivity index is 1.43. The van der Waals surface area contributed by atoms with Gasteiger partial charge in [-0.2, -0.15) is 4.31 Å². The molecule has 0 saturated carbocycles. The Morgan fingerprint density at radius 2 is 1.61 bits per heavy atom. The number of nitrogens with zero attached hydrogens (tertiary/aromatic N) is 2. The predicted molar refractivity (Wildman–Crippen MR) is 133 cm³/mol. The lowest BCUT2D eigenvalue weighted by Crippen LogP contribution is -2.35. The van der Waals surface area contributed by atoms with Crippen LogP contribution in [0.25, 0.3) is 11.3 Å². The van der Waals surface area contributed by atoms with E-state index >= 15 is 0 Å². The second-order valence-electron chi connectivity index (χ2n) is 9.31. The molecule has 6 nitrogen and oxygen atoms in total. The highest BCUT2D eigenvalue weighted by Gasteiger charge is 2.26. The Bertz CT molecular complexity index is 1220. The number of benzene rings is 2. The molecule has 0 unspecified atom stereocenters. The van der Waals surface area contributed by atoms with Gasteiger partial charge in [0.1, 0.15) is 0 Å². The van der Waals surface area contributed by atoms with Gasteiger partial charge in [0.2, 0.25) is 10.0 Å². The van der Waals surface area contributed by atoms with E-state index in [1.165, 1.54) is 33.3 Å². The number of carbonyl (C=O) groups is 1. The van der Waals surface area contributed by atoms with Crippen molar-refractivity contribution in [3.05, 3.63) is 65.0 Å². The first-order valence-corrected chi connectivity index (χ1v) is 13.4. The molecule has 2 aromatic carbocycles. The molecule has 33 heavy (non-hydrogen) atoms. The lowest BCUT2D eigenvalue weighted by atomic mass is 9.86. The van der Waals surface area contributed by atoms with Crippen molar-refractivity contribution in [1.29, 1.82) is 0 Å². The highest BCUT2D eigenvalue weighted by Crippen LogP contribution is 2.29. The molecule has 0 spiro atoms. The molecule has 1 amide bonds. The van der Waals surface area contributed by atoms with Crippen molar-refractivity contribution in [3.63, 3.8) is 0 Å². The van der Waals surface area contributed by atoms with Crippen LogP contribution in [0.3, 0.4) is 0 Å². The molecule has 0 radical (unpaired) electrons. The Morgan fingerprint density at radius 3 is 2.21 bits per heavy atom. The van der Waals surface area contributed by atoms with E-state index in [0.29, 0.717) is 23.8 Å². The molecule has 1 fully saturated rings. The second-order valence-corrected chi connectivity index (χ2v) is 12.1. The summed E-state index contributed by atoms with van der Waals surface area (Å²) in [5.41, 5.74) is 3.52. The van der Waals surface area contributed by atoms with Crippen LogP contribution in [0, 0.1) is 0 Å². The van der Waals surface area contributed by atoms with Gasteiger partial charge < -0.3 is 0 Å². The summed E-state index contributed by atoms with van der Waals surface area (Å²) >= 11 is 1.36. The zero-order valence-corrected chi connectivity index (χ0v) is 20.8. The van der Waals surface area contributed by atoms with Crippen molar-refractivity contribution in [2.45, 2.75) is 50.3 Å². The standard InChI is InChI=1S/C25H29N3O3S2/c1-25(2,3)20-11-7-18(8-12-20)22-17-32-24(26-22)27-23(29)19-9-13-21(14-10-19)33(30,31)28-15-5-4-6-16-28/h7-14,17H,4-6,15-16H2,1-3H3,(H,26,27,29). The number of hydrogen-bond acceptors (Lipinski definition) is 5. The van der Waals surface area contributed by atoms with Crippen molar-refractivity contribution in [3.8, 4) is 11.3 Å². The molecule has 3 aromatic rings. The third kappa shape index (κ3) is 5.34. The van der Waals surface area contributed by atoms with Crippen LogP contribution >= 0.6 is 11.3 Å². The van der Waals surface area contributed by atoms with Gasteiger partial charge in [-0.05, 0) is 48.1 Å². The second kappa shape index (κ2) is 9.37. The number of amides is 1. The molecule has 0 bridgehead atoms. The largest absolute Gasteiger partial charge is 0.298 e. The topological polar surface area (TPSA) is 79.4 Å². The van der Waals surface area contributed by atoms with E-state index in [2.05, 4.69) is 43.2 Å². The summed E-state index contributed by atoms with van der Waals surface area (Å²) < 4.78 is 27.1. The monoisotopic (exact) mass is 483 g/mol. The summed E-state index contributed by atoms with van der Waals surface area (Å²) in [6.07, 6.45) is 2.83. The minimum Gasteiger partial charge on any atom is -0.298 e. The van der Waals surface area contributed by atoms with Gasteiger partial charge in [-0.25, -0.2) is 13.4 Å². The zero-order chi connectivity index (χ0) is 23.6. The van der Waals surface area contributed by atoms with E-state index in [1.54, 1.807) is 12.1 Å². The summed E-state index contributed by atoms with van der Waals surface area (Å²) in [6.45, 7) is 7.63. The van der Waals surface area contributed by atoms with Gasteiger partial charge in [-0.1, -0.05) is 51.5 Å². The van der Waals surface area contributed by atoms with Crippen LogP contribution in [0.2, 0.25) is 0 Å². The van der Waals surface area contributed by atoms with E-state index in [0.717, 1.165) is 30.5 Å². The van der Waals surface area contributed by atoms with Gasteiger partial charge in [0.15, 0.2) is 5.13 Å². The molecule has 2 heterocycles. The average molecular weight is 484 g/mol. The third-order valence-electron chi connectivity index (χ3n) is 5.84. The van der Waals surface area contributed by atoms with Crippen molar-refractivity contribution < 1.29 is 13.2 Å². The van der Waals surface area contributed by atoms with E-state index < -0.39 is 10.0 Å². The van der Waals surface area contributed by atoms with Gasteiger partial charge in [0, 0.05) is 29.6 Å². The fraction of sp³-hybridized carbons (Fsp3) is 0.360. The molecule has 0 aliphatic carbocycles. The van der Waals surface area contributed by atoms with Crippen LogP contribution in [0.4, 0.5) is 5.13 Å². The van der Waals surface area contributed by atoms with E-state index in [-0.39, 0.29) is 16.2 Å². The molecule has 1 aliphatic heterocycles. The number of aromatic nitrogens is 1. The summed E-state index contributed by atoms with van der Waals surface area (Å²) in [7, 11) is -3.51. The van der Waals surface area contributed by atoms with Crippen molar-refractivity contribution in [1.82, 2.24) is 9.29 Å². The number of hydrogen-bond donors (Lipinski definition) is 1. The molecule has 8 heteroatoms. The van der Waals surface area contributed by atoms with E-state index in [9.17, 15) is 13.2 Å². The molecular weight excluding hydrogens is 454 g/mol. The summed E-state index contributed by atoms with van der Waals surface area (Å²) in [4.78, 5) is 17.4. The lowest BCUT2D eigenvalue weighted by Gasteiger charge is -2.25. The Hall–Kier alpha value is -2.55. The lowest BCUT2D eigenvalue weighted by molar-refractivity contribution is 0.102. The predicted octanol–water partition coefficient (Wildman–Crippen LogP) is 5.53. The zero-order valence-electron chi connectivity index (χ0n) is 19.2. The first kappa shape index (κ1) is 23.6. The Labute approximate surface area is 199 Å². The van der Waals surface area contributed by atoms with Crippen molar-refractivity contribution >= 4 is 32.4 Å². The van der Waals surface area contributed by atoms with E-state index in [1.807, 2.05) is 17.5 Å².